The third kappa shape index (κ3) is 7.27. The predicted octanol–water partition coefficient (Wildman–Crippen LogP) is -5.54. The van der Waals surface area contributed by atoms with Crippen molar-refractivity contribution in [3.8, 4) is 0 Å². The highest BCUT2D eigenvalue weighted by molar-refractivity contribution is 5.94. The van der Waals surface area contributed by atoms with Crippen molar-refractivity contribution in [2.24, 2.45) is 10.2 Å². The van der Waals surface area contributed by atoms with Crippen molar-refractivity contribution in [3.05, 3.63) is 54.6 Å². The highest BCUT2D eigenvalue weighted by atomic mass is 35.5. The average molecular weight is 410 g/mol. The first kappa shape index (κ1) is 23.0. The Balaban J connectivity index is 0.00000182. The monoisotopic (exact) mass is 409 g/mol. The van der Waals surface area contributed by atoms with Crippen LogP contribution in [0.5, 0.6) is 0 Å². The molecule has 1 heterocycles. The van der Waals surface area contributed by atoms with Gasteiger partial charge in [0.15, 0.2) is 6.54 Å². The van der Waals surface area contributed by atoms with Crippen molar-refractivity contribution >= 4 is 23.0 Å². The van der Waals surface area contributed by atoms with Crippen LogP contribution in [0, 0.1) is 0 Å². The van der Waals surface area contributed by atoms with E-state index in [1.165, 1.54) is 9.80 Å². The van der Waals surface area contributed by atoms with Gasteiger partial charge >= 0.3 is 0 Å². The summed E-state index contributed by atoms with van der Waals surface area (Å²) in [6.45, 7) is 4.80. The summed E-state index contributed by atoms with van der Waals surface area (Å²) in [5.74, 6) is 0.0249. The van der Waals surface area contributed by atoms with Gasteiger partial charge in [0.2, 0.25) is 0 Å². The largest absolute Gasteiger partial charge is 1.00 e. The summed E-state index contributed by atoms with van der Waals surface area (Å²) in [4.78, 5) is 15.3. The molecule has 27 heavy (non-hydrogen) atoms. The standard InChI is InChI=1S/C19H23N5O.2ClH/c1-23-11-13-24(14-12-23)15-19(25)20-17-9-5-6-10-18(17)22-21-16-7-3-2-4-8-16;;/h2-10H,11-15H2,1H3,(H,20,25);2*1H. The summed E-state index contributed by atoms with van der Waals surface area (Å²) in [7, 11) is 2.20. The van der Waals surface area contributed by atoms with Crippen molar-refractivity contribution in [1.29, 1.82) is 0 Å². The van der Waals surface area contributed by atoms with Gasteiger partial charge in [-0.15, -0.1) is 5.11 Å². The fourth-order valence-corrected chi connectivity index (χ4v) is 2.90. The van der Waals surface area contributed by atoms with Crippen molar-refractivity contribution < 1.29 is 39.4 Å². The molecule has 146 valence electrons. The topological polar surface area (TPSA) is 62.7 Å². The molecule has 0 aliphatic carbocycles. The van der Waals surface area contributed by atoms with Crippen molar-refractivity contribution in [2.75, 3.05) is 45.1 Å². The van der Waals surface area contributed by atoms with Crippen LogP contribution in [0.1, 0.15) is 0 Å². The number of nitrogens with zero attached hydrogens (tertiary/aromatic N) is 2. The van der Waals surface area contributed by atoms with Crippen LogP contribution in [0.4, 0.5) is 17.1 Å². The highest BCUT2D eigenvalue weighted by Crippen LogP contribution is 2.26. The van der Waals surface area contributed by atoms with E-state index in [1.54, 1.807) is 0 Å². The molecule has 0 bridgehead atoms. The molecule has 3 rings (SSSR count). The van der Waals surface area contributed by atoms with Gasteiger partial charge in [0.1, 0.15) is 31.9 Å². The molecule has 3 N–H and O–H groups in total. The van der Waals surface area contributed by atoms with E-state index in [0.29, 0.717) is 17.9 Å². The maximum absolute atomic E-state index is 12.4. The minimum atomic E-state index is 0. The Hall–Kier alpha value is -1.99. The number of likely N-dealkylation sites (N-methyl/N-ethyl adjacent to an activating group) is 1. The van der Waals surface area contributed by atoms with Gasteiger partial charge in [0.05, 0.1) is 18.4 Å². The lowest BCUT2D eigenvalue weighted by Crippen LogP contribution is -3.27. The summed E-state index contributed by atoms with van der Waals surface area (Å²) in [5, 5.41) is 11.5. The van der Waals surface area contributed by atoms with Crippen molar-refractivity contribution in [3.63, 3.8) is 0 Å². The Morgan fingerprint density at radius 3 is 2.26 bits per heavy atom. The normalized spacial score (nSPS) is 19.0. The minimum Gasteiger partial charge on any atom is -1.00 e. The van der Waals surface area contributed by atoms with Gasteiger partial charge in [-0.2, -0.15) is 5.11 Å². The lowest BCUT2D eigenvalue weighted by molar-refractivity contribution is -0.999. The molecule has 1 fully saturated rings. The zero-order valence-electron chi connectivity index (χ0n) is 15.3. The second-order valence-electron chi connectivity index (χ2n) is 6.48. The van der Waals surface area contributed by atoms with E-state index < -0.39 is 0 Å². The maximum atomic E-state index is 12.4. The molecule has 0 aromatic heterocycles. The Bertz CT molecular complexity index is 734. The number of hydrogen-bond donors (Lipinski definition) is 3. The van der Waals surface area contributed by atoms with Crippen LogP contribution < -0.4 is 39.9 Å². The zero-order chi connectivity index (χ0) is 17.5. The molecule has 1 saturated heterocycles. The number of hydrogen-bond acceptors (Lipinski definition) is 3. The lowest BCUT2D eigenvalue weighted by Gasteiger charge is -2.26. The first-order chi connectivity index (χ1) is 12.2. The Kier molecular flexibility index (Phi) is 9.96. The number of piperazine rings is 1. The smallest absolute Gasteiger partial charge is 0.279 e. The van der Waals surface area contributed by atoms with E-state index in [4.69, 9.17) is 0 Å². The lowest BCUT2D eigenvalue weighted by atomic mass is 10.2. The van der Waals surface area contributed by atoms with Crippen LogP contribution in [0.2, 0.25) is 0 Å². The molecular weight excluding hydrogens is 385 g/mol. The van der Waals surface area contributed by atoms with Crippen LogP contribution in [-0.2, 0) is 4.79 Å². The molecule has 1 amide bonds. The molecule has 1 aliphatic heterocycles. The molecule has 0 saturated carbocycles. The van der Waals surface area contributed by atoms with E-state index >= 15 is 0 Å². The fraction of sp³-hybridized carbons (Fsp3) is 0.316. The highest BCUT2D eigenvalue weighted by Gasteiger charge is 2.22. The summed E-state index contributed by atoms with van der Waals surface area (Å²) >= 11 is 0. The van der Waals surface area contributed by atoms with Gasteiger partial charge in [0.25, 0.3) is 5.91 Å². The number of quaternary nitrogens is 2. The predicted molar refractivity (Wildman–Crippen MR) is 97.9 cm³/mol. The Morgan fingerprint density at radius 2 is 1.56 bits per heavy atom. The van der Waals surface area contributed by atoms with Crippen LogP contribution >= 0.6 is 0 Å². The number of halogens is 2. The van der Waals surface area contributed by atoms with E-state index in [0.717, 1.165) is 31.9 Å². The fourth-order valence-electron chi connectivity index (χ4n) is 2.90. The molecule has 0 spiro atoms. The first-order valence-corrected chi connectivity index (χ1v) is 8.71. The van der Waals surface area contributed by atoms with Crippen molar-refractivity contribution in [2.45, 2.75) is 0 Å². The summed E-state index contributed by atoms with van der Waals surface area (Å²) in [6.07, 6.45) is 0. The van der Waals surface area contributed by atoms with Gasteiger partial charge < -0.3 is 39.9 Å². The number of benzene rings is 2. The zero-order valence-corrected chi connectivity index (χ0v) is 16.8. The Morgan fingerprint density at radius 1 is 0.926 bits per heavy atom. The van der Waals surface area contributed by atoms with Crippen LogP contribution in [0.3, 0.4) is 0 Å². The van der Waals surface area contributed by atoms with Gasteiger partial charge in [-0.3, -0.25) is 4.79 Å². The van der Waals surface area contributed by atoms with Gasteiger partial charge in [-0.05, 0) is 24.3 Å². The number of carbonyl (C=O) groups is 1. The second kappa shape index (κ2) is 11.7. The third-order valence-electron chi connectivity index (χ3n) is 4.43. The quantitative estimate of drug-likeness (QED) is 0.424. The van der Waals surface area contributed by atoms with Gasteiger partial charge in [-0.1, -0.05) is 30.3 Å². The number of carbonyl (C=O) groups excluding carboxylic acids is 1. The second-order valence-corrected chi connectivity index (χ2v) is 6.48. The molecule has 2 aromatic rings. The molecule has 1 aliphatic rings. The van der Waals surface area contributed by atoms with Gasteiger partial charge in [0, 0.05) is 0 Å². The minimum absolute atomic E-state index is 0. The number of nitrogens with one attached hydrogen (secondary N) is 3. The third-order valence-corrected chi connectivity index (χ3v) is 4.43. The maximum Gasteiger partial charge on any atom is 0.279 e. The summed E-state index contributed by atoms with van der Waals surface area (Å²) < 4.78 is 0. The van der Waals surface area contributed by atoms with E-state index in [1.807, 2.05) is 54.6 Å². The summed E-state index contributed by atoms with van der Waals surface area (Å²) in [6, 6.07) is 17.1. The van der Waals surface area contributed by atoms with Gasteiger partial charge in [-0.25, -0.2) is 0 Å². The molecule has 0 atom stereocenters. The van der Waals surface area contributed by atoms with E-state index in [-0.39, 0.29) is 30.7 Å². The summed E-state index contributed by atoms with van der Waals surface area (Å²) in [5.41, 5.74) is 2.15. The number of azo groups is 1. The number of rotatable bonds is 5. The molecule has 2 aromatic carbocycles. The van der Waals surface area contributed by atoms with E-state index in [9.17, 15) is 4.79 Å². The number of amides is 1. The van der Waals surface area contributed by atoms with Crippen LogP contribution in [-0.4, -0.2) is 45.7 Å². The molecule has 8 heteroatoms. The van der Waals surface area contributed by atoms with Crippen LogP contribution in [0.15, 0.2) is 64.8 Å². The van der Waals surface area contributed by atoms with E-state index in [2.05, 4.69) is 22.6 Å². The van der Waals surface area contributed by atoms with Crippen molar-refractivity contribution in [1.82, 2.24) is 0 Å². The first-order valence-electron chi connectivity index (χ1n) is 8.71. The SMILES string of the molecule is C[NH+]1CC[NH+](CC(=O)Nc2ccccc2N=Nc2ccccc2)CC1.[Cl-].[Cl-]. The molecule has 0 radical (unpaired) electrons. The number of para-hydroxylation sites is 1. The molecular formula is C19H25Cl2N5O. The van der Waals surface area contributed by atoms with Crippen LogP contribution in [0.25, 0.3) is 0 Å². The molecule has 6 nitrogen and oxygen atoms in total. The average Bonchev–Trinajstić information content (AvgIpc) is 2.64. The Labute approximate surface area is 172 Å². The number of anilines is 1. The molecule has 0 unspecified atom stereocenters.